The average molecular weight is 277 g/mol. The van der Waals surface area contributed by atoms with Crippen molar-refractivity contribution in [2.45, 2.75) is 25.8 Å². The van der Waals surface area contributed by atoms with Crippen LogP contribution < -0.4 is 10.5 Å². The maximum atomic E-state index is 8.74. The fourth-order valence-electron chi connectivity index (χ4n) is 1.27. The normalized spacial score (nSPS) is 11.4. The van der Waals surface area contributed by atoms with Crippen molar-refractivity contribution in [3.05, 3.63) is 29.8 Å². The SMILES string of the molecule is COc1ccc(CC(C)(C)N)cc1.O=S(=O)(O)O. The molecule has 0 saturated heterocycles. The molecule has 4 N–H and O–H groups in total. The van der Waals surface area contributed by atoms with E-state index in [1.807, 2.05) is 38.1 Å². The first-order valence-corrected chi connectivity index (χ1v) is 6.52. The van der Waals surface area contributed by atoms with E-state index in [0.29, 0.717) is 0 Å². The average Bonchev–Trinajstić information content (AvgIpc) is 2.14. The van der Waals surface area contributed by atoms with E-state index >= 15 is 0 Å². The molecule has 0 aliphatic rings. The van der Waals surface area contributed by atoms with Gasteiger partial charge in [0, 0.05) is 5.54 Å². The lowest BCUT2D eigenvalue weighted by molar-refractivity contribution is 0.381. The van der Waals surface area contributed by atoms with Crippen molar-refractivity contribution in [2.75, 3.05) is 7.11 Å². The Labute approximate surface area is 107 Å². The Bertz CT molecular complexity index is 439. The maximum Gasteiger partial charge on any atom is 0.394 e. The molecular weight excluding hydrogens is 258 g/mol. The lowest BCUT2D eigenvalue weighted by Crippen LogP contribution is -2.34. The first kappa shape index (κ1) is 16.9. The van der Waals surface area contributed by atoms with Gasteiger partial charge in [-0.1, -0.05) is 12.1 Å². The van der Waals surface area contributed by atoms with E-state index in [0.717, 1.165) is 12.2 Å². The van der Waals surface area contributed by atoms with Gasteiger partial charge in [0.2, 0.25) is 0 Å². The second-order valence-electron chi connectivity index (χ2n) is 4.46. The van der Waals surface area contributed by atoms with Gasteiger partial charge < -0.3 is 10.5 Å². The summed E-state index contributed by atoms with van der Waals surface area (Å²) < 4.78 is 36.7. The van der Waals surface area contributed by atoms with E-state index in [9.17, 15) is 0 Å². The van der Waals surface area contributed by atoms with E-state index in [-0.39, 0.29) is 5.54 Å². The minimum atomic E-state index is -4.67. The summed E-state index contributed by atoms with van der Waals surface area (Å²) in [5, 5.41) is 0. The number of hydrogen-bond donors (Lipinski definition) is 3. The molecule has 0 amide bonds. The maximum absolute atomic E-state index is 8.74. The Morgan fingerprint density at radius 2 is 1.61 bits per heavy atom. The van der Waals surface area contributed by atoms with Crippen LogP contribution in [-0.4, -0.2) is 30.2 Å². The number of methoxy groups -OCH3 is 1. The molecule has 1 aromatic rings. The number of ether oxygens (including phenoxy) is 1. The molecule has 0 radical (unpaired) electrons. The fraction of sp³-hybridized carbons (Fsp3) is 0.455. The van der Waals surface area contributed by atoms with Crippen LogP contribution in [-0.2, 0) is 16.8 Å². The van der Waals surface area contributed by atoms with E-state index in [4.69, 9.17) is 28.0 Å². The van der Waals surface area contributed by atoms with Crippen molar-refractivity contribution in [3.63, 3.8) is 0 Å². The summed E-state index contributed by atoms with van der Waals surface area (Å²) >= 11 is 0. The van der Waals surface area contributed by atoms with Crippen molar-refractivity contribution in [1.29, 1.82) is 0 Å². The highest BCUT2D eigenvalue weighted by molar-refractivity contribution is 7.79. The molecule has 0 atom stereocenters. The third-order valence-electron chi connectivity index (χ3n) is 1.82. The Kier molecular flexibility index (Phi) is 6.27. The van der Waals surface area contributed by atoms with E-state index in [2.05, 4.69) is 0 Å². The van der Waals surface area contributed by atoms with Crippen LogP contribution in [0, 0.1) is 0 Å². The van der Waals surface area contributed by atoms with Crippen LogP contribution in [0.25, 0.3) is 0 Å². The summed E-state index contributed by atoms with van der Waals surface area (Å²) in [5.74, 6) is 0.888. The lowest BCUT2D eigenvalue weighted by Gasteiger charge is -2.18. The van der Waals surface area contributed by atoms with Crippen molar-refractivity contribution in [2.24, 2.45) is 5.73 Å². The smallest absolute Gasteiger partial charge is 0.394 e. The standard InChI is InChI=1S/C11H17NO.H2O4S/c1-11(2,12)8-9-4-6-10(13-3)7-5-9;1-5(2,3)4/h4-7H,8,12H2,1-3H3;(H2,1,2,3,4). The Balaban J connectivity index is 0.000000494. The van der Waals surface area contributed by atoms with E-state index < -0.39 is 10.4 Å². The van der Waals surface area contributed by atoms with Crippen molar-refractivity contribution < 1.29 is 22.3 Å². The zero-order valence-electron chi connectivity index (χ0n) is 10.6. The largest absolute Gasteiger partial charge is 0.497 e. The van der Waals surface area contributed by atoms with Crippen LogP contribution >= 0.6 is 0 Å². The summed E-state index contributed by atoms with van der Waals surface area (Å²) in [5.41, 5.74) is 7.01. The molecular formula is C11H19NO5S. The lowest BCUT2D eigenvalue weighted by atomic mass is 9.96. The number of rotatable bonds is 3. The van der Waals surface area contributed by atoms with Crippen LogP contribution in [0.15, 0.2) is 24.3 Å². The molecule has 6 nitrogen and oxygen atoms in total. The molecule has 0 heterocycles. The molecule has 0 bridgehead atoms. The molecule has 1 rings (SSSR count). The summed E-state index contributed by atoms with van der Waals surface area (Å²) in [6.07, 6.45) is 0.886. The first-order valence-electron chi connectivity index (χ1n) is 5.13. The highest BCUT2D eigenvalue weighted by Crippen LogP contribution is 2.14. The third kappa shape index (κ3) is 11.3. The molecule has 7 heteroatoms. The quantitative estimate of drug-likeness (QED) is 0.719. The Morgan fingerprint density at radius 1 is 1.22 bits per heavy atom. The number of benzene rings is 1. The van der Waals surface area contributed by atoms with Gasteiger partial charge in [-0.2, -0.15) is 8.42 Å². The molecule has 0 unspecified atom stereocenters. The molecule has 1 aromatic carbocycles. The first-order chi connectivity index (χ1) is 8.01. The van der Waals surface area contributed by atoms with Crippen molar-refractivity contribution in [1.82, 2.24) is 0 Å². The second-order valence-corrected chi connectivity index (χ2v) is 5.36. The third-order valence-corrected chi connectivity index (χ3v) is 1.82. The van der Waals surface area contributed by atoms with Crippen molar-refractivity contribution in [3.8, 4) is 5.75 Å². The molecule has 0 aliphatic carbocycles. The van der Waals surface area contributed by atoms with Crippen LogP contribution in [0.2, 0.25) is 0 Å². The fourth-order valence-corrected chi connectivity index (χ4v) is 1.27. The molecule has 0 saturated carbocycles. The summed E-state index contributed by atoms with van der Waals surface area (Å²) in [4.78, 5) is 0. The van der Waals surface area contributed by atoms with Gasteiger partial charge in [-0.25, -0.2) is 0 Å². The number of hydrogen-bond acceptors (Lipinski definition) is 4. The van der Waals surface area contributed by atoms with Crippen LogP contribution in [0.1, 0.15) is 19.4 Å². The topological polar surface area (TPSA) is 110 Å². The minimum Gasteiger partial charge on any atom is -0.497 e. The van der Waals surface area contributed by atoms with E-state index in [1.165, 1.54) is 5.56 Å². The molecule has 0 spiro atoms. The summed E-state index contributed by atoms with van der Waals surface area (Å²) in [6, 6.07) is 8.02. The van der Waals surface area contributed by atoms with Crippen LogP contribution in [0.3, 0.4) is 0 Å². The summed E-state index contributed by atoms with van der Waals surface area (Å²) in [7, 11) is -3.00. The van der Waals surface area contributed by atoms with Gasteiger partial charge in [-0.05, 0) is 38.0 Å². The molecule has 0 fully saturated rings. The zero-order chi connectivity index (χ0) is 14.4. The highest BCUT2D eigenvalue weighted by atomic mass is 32.3. The minimum absolute atomic E-state index is 0.144. The Hall–Kier alpha value is -1.15. The molecule has 18 heavy (non-hydrogen) atoms. The van der Waals surface area contributed by atoms with E-state index in [1.54, 1.807) is 7.11 Å². The van der Waals surface area contributed by atoms with Gasteiger partial charge in [0.15, 0.2) is 0 Å². The van der Waals surface area contributed by atoms with Gasteiger partial charge in [0.1, 0.15) is 5.75 Å². The van der Waals surface area contributed by atoms with Gasteiger partial charge in [-0.15, -0.1) is 0 Å². The van der Waals surface area contributed by atoms with Gasteiger partial charge in [0.05, 0.1) is 7.11 Å². The highest BCUT2D eigenvalue weighted by Gasteiger charge is 2.10. The monoisotopic (exact) mass is 277 g/mol. The molecule has 0 aliphatic heterocycles. The number of nitrogens with two attached hydrogens (primary N) is 1. The predicted molar refractivity (Wildman–Crippen MR) is 69.1 cm³/mol. The zero-order valence-corrected chi connectivity index (χ0v) is 11.4. The predicted octanol–water partition coefficient (Wildman–Crippen LogP) is 1.32. The van der Waals surface area contributed by atoms with Gasteiger partial charge in [0.25, 0.3) is 0 Å². The van der Waals surface area contributed by atoms with Crippen LogP contribution in [0.5, 0.6) is 5.75 Å². The molecule has 0 aromatic heterocycles. The second kappa shape index (κ2) is 6.69. The summed E-state index contributed by atoms with van der Waals surface area (Å²) in [6.45, 7) is 4.05. The van der Waals surface area contributed by atoms with Gasteiger partial charge in [-0.3, -0.25) is 9.11 Å². The van der Waals surface area contributed by atoms with Gasteiger partial charge >= 0.3 is 10.4 Å². The molecule has 104 valence electrons. The Morgan fingerprint density at radius 3 is 1.89 bits per heavy atom. The van der Waals surface area contributed by atoms with Crippen molar-refractivity contribution >= 4 is 10.4 Å². The van der Waals surface area contributed by atoms with Crippen LogP contribution in [0.4, 0.5) is 0 Å².